The summed E-state index contributed by atoms with van der Waals surface area (Å²) in [5, 5.41) is 6.05. The monoisotopic (exact) mass is 747 g/mol. The fourth-order valence-electron chi connectivity index (χ4n) is 8.25. The molecule has 0 spiro atoms. The molecule has 3 heteroatoms. The van der Waals surface area contributed by atoms with Crippen molar-refractivity contribution in [2.24, 2.45) is 0 Å². The van der Waals surface area contributed by atoms with Crippen molar-refractivity contribution in [3.8, 4) is 22.3 Å². The number of rotatable bonds is 3. The SMILES string of the molecule is CC(C)(C)c1cc2c(cc1-c1ccccc1)=[C]([Zr+2])c1c(C3=CC=CC3)c(-c3ccccc3)c(C(C)(C)C)c(=C3CCCCCC3)c1=2.[Cl-].[Cl-]. The van der Waals surface area contributed by atoms with Gasteiger partial charge in [0.15, 0.2) is 0 Å². The summed E-state index contributed by atoms with van der Waals surface area (Å²) < 4.78 is 1.52. The van der Waals surface area contributed by atoms with Gasteiger partial charge in [-0.15, -0.1) is 0 Å². The van der Waals surface area contributed by atoms with E-state index < -0.39 is 0 Å². The molecule has 3 aliphatic rings. The molecule has 0 aromatic heterocycles. The Kier molecular flexibility index (Phi) is 11.1. The second-order valence-electron chi connectivity index (χ2n) is 15.6. The summed E-state index contributed by atoms with van der Waals surface area (Å²) >= 11 is 1.49. The van der Waals surface area contributed by atoms with Crippen LogP contribution in [-0.4, -0.2) is 0 Å². The zero-order chi connectivity index (χ0) is 32.2. The van der Waals surface area contributed by atoms with Crippen molar-refractivity contribution in [3.05, 3.63) is 134 Å². The van der Waals surface area contributed by atoms with E-state index in [1.54, 1.807) is 16.4 Å². The summed E-state index contributed by atoms with van der Waals surface area (Å²) in [6, 6.07) is 27.6. The standard InChI is InChI=1S/C45H47.2ClH.Zr/c1-44(2,3)38-29-36-34(27-35(38)30-19-13-9-14-20-30)28-37-39(31-25-17-18-26-31)40(32-23-15-10-16-24-32)43(45(4,5)6)41(42(36)37)33-21-11-7-8-12-22-33;;;/h9-10,13-20,23-25,27,29H,7-8,11-12,21-22,26H2,1-6H3;2*1H;/q;;;+2/p-2. The molecule has 4 aromatic rings. The molecular formula is C45H47Cl2Zr. The van der Waals surface area contributed by atoms with E-state index in [9.17, 15) is 0 Å². The Morgan fingerprint density at radius 2 is 1.21 bits per heavy atom. The van der Waals surface area contributed by atoms with Crippen LogP contribution in [0.3, 0.4) is 0 Å². The normalized spacial score (nSPS) is 15.7. The molecule has 0 atom stereocenters. The molecular weight excluding hydrogens is 703 g/mol. The van der Waals surface area contributed by atoms with E-state index in [4.69, 9.17) is 0 Å². The summed E-state index contributed by atoms with van der Waals surface area (Å²) in [5.74, 6) is 0. The Balaban J connectivity index is 0.00000225. The predicted octanol–water partition coefficient (Wildman–Crippen LogP) is 4.78. The van der Waals surface area contributed by atoms with E-state index in [1.165, 1.54) is 127 Å². The average molecular weight is 750 g/mol. The van der Waals surface area contributed by atoms with E-state index in [1.807, 2.05) is 0 Å². The van der Waals surface area contributed by atoms with E-state index >= 15 is 0 Å². The first-order valence-electron chi connectivity index (χ1n) is 17.4. The molecule has 0 aliphatic heterocycles. The average Bonchev–Trinajstić information content (AvgIpc) is 3.57. The predicted molar refractivity (Wildman–Crippen MR) is 193 cm³/mol. The van der Waals surface area contributed by atoms with Crippen molar-refractivity contribution in [2.75, 3.05) is 0 Å². The van der Waals surface area contributed by atoms with E-state index in [0.717, 1.165) is 6.42 Å². The van der Waals surface area contributed by atoms with Crippen molar-refractivity contribution >= 4 is 14.4 Å². The van der Waals surface area contributed by atoms with E-state index in [2.05, 4.69) is 133 Å². The van der Waals surface area contributed by atoms with E-state index in [-0.39, 0.29) is 35.6 Å². The fraction of sp³-hybridized carbons (Fsp3) is 0.333. The third-order valence-corrected chi connectivity index (χ3v) is 11.6. The van der Waals surface area contributed by atoms with Crippen LogP contribution in [0.1, 0.15) is 109 Å². The zero-order valence-corrected chi connectivity index (χ0v) is 33.3. The van der Waals surface area contributed by atoms with Gasteiger partial charge in [-0.1, -0.05) is 0 Å². The molecule has 0 saturated heterocycles. The molecule has 0 amide bonds. The third kappa shape index (κ3) is 6.57. The van der Waals surface area contributed by atoms with Crippen LogP contribution < -0.4 is 35.3 Å². The minimum atomic E-state index is -0.0307. The Hall–Kier alpha value is -2.44. The maximum absolute atomic E-state index is 2.62. The van der Waals surface area contributed by atoms with Gasteiger partial charge in [0.1, 0.15) is 0 Å². The van der Waals surface area contributed by atoms with Crippen LogP contribution in [0.2, 0.25) is 0 Å². The molecule has 0 N–H and O–H groups in total. The van der Waals surface area contributed by atoms with Gasteiger partial charge in [-0.2, -0.15) is 0 Å². The molecule has 4 aromatic carbocycles. The molecule has 0 unspecified atom stereocenters. The van der Waals surface area contributed by atoms with Crippen LogP contribution in [0, 0.1) is 10.4 Å². The molecule has 0 heterocycles. The first-order valence-corrected chi connectivity index (χ1v) is 18.6. The van der Waals surface area contributed by atoms with Crippen LogP contribution >= 0.6 is 0 Å². The van der Waals surface area contributed by atoms with Crippen LogP contribution in [0.5, 0.6) is 0 Å². The summed E-state index contributed by atoms with van der Waals surface area (Å²) in [6.07, 6.45) is 15.7. The van der Waals surface area contributed by atoms with Gasteiger partial charge in [0.25, 0.3) is 0 Å². The summed E-state index contributed by atoms with van der Waals surface area (Å²) in [6.45, 7) is 14.6. The van der Waals surface area contributed by atoms with Gasteiger partial charge in [0.2, 0.25) is 0 Å². The molecule has 245 valence electrons. The Bertz CT molecular complexity index is 2110. The molecule has 1 fully saturated rings. The van der Waals surface area contributed by atoms with Gasteiger partial charge in [0.05, 0.1) is 0 Å². The van der Waals surface area contributed by atoms with Crippen LogP contribution in [0.15, 0.2) is 91.0 Å². The Morgan fingerprint density at radius 1 is 0.604 bits per heavy atom. The second-order valence-corrected chi connectivity index (χ2v) is 16.9. The minimum Gasteiger partial charge on any atom is -1.00 e. The third-order valence-electron chi connectivity index (χ3n) is 10.3. The molecule has 0 radical (unpaired) electrons. The number of hydrogen-bond donors (Lipinski definition) is 0. The molecule has 0 nitrogen and oxygen atoms in total. The van der Waals surface area contributed by atoms with Crippen LogP contribution in [0.25, 0.3) is 36.7 Å². The van der Waals surface area contributed by atoms with E-state index in [0.29, 0.717) is 0 Å². The number of fused-ring (bicyclic) bond motifs is 2. The van der Waals surface area contributed by atoms with Gasteiger partial charge >= 0.3 is 293 Å². The van der Waals surface area contributed by atoms with Gasteiger partial charge < -0.3 is 24.8 Å². The van der Waals surface area contributed by atoms with Gasteiger partial charge in [-0.3, -0.25) is 0 Å². The Morgan fingerprint density at radius 3 is 1.75 bits per heavy atom. The maximum Gasteiger partial charge on any atom is -1.00 e. The van der Waals surface area contributed by atoms with Crippen LogP contribution in [-0.2, 0) is 35.5 Å². The zero-order valence-electron chi connectivity index (χ0n) is 29.4. The topological polar surface area (TPSA) is 0 Å². The first-order chi connectivity index (χ1) is 22.1. The Labute approximate surface area is 315 Å². The number of hydrogen-bond acceptors (Lipinski definition) is 0. The van der Waals surface area contributed by atoms with Gasteiger partial charge in [-0.25, -0.2) is 0 Å². The smallest absolute Gasteiger partial charge is 1.00 e. The summed E-state index contributed by atoms with van der Waals surface area (Å²) in [5.41, 5.74) is 14.7. The maximum atomic E-state index is 2.62. The summed E-state index contributed by atoms with van der Waals surface area (Å²) in [4.78, 5) is 0. The van der Waals surface area contributed by atoms with Gasteiger partial charge in [-0.05, 0) is 0 Å². The first kappa shape index (κ1) is 36.8. The van der Waals surface area contributed by atoms with Crippen molar-refractivity contribution in [1.29, 1.82) is 0 Å². The number of allylic oxidation sites excluding steroid dienone is 4. The molecule has 3 aliphatic carbocycles. The number of halogens is 2. The van der Waals surface area contributed by atoms with Crippen molar-refractivity contribution in [3.63, 3.8) is 0 Å². The molecule has 7 rings (SSSR count). The summed E-state index contributed by atoms with van der Waals surface area (Å²) in [7, 11) is 0. The molecule has 0 bridgehead atoms. The molecule has 1 saturated carbocycles. The second kappa shape index (κ2) is 14.4. The van der Waals surface area contributed by atoms with Crippen molar-refractivity contribution < 1.29 is 49.5 Å². The largest absolute Gasteiger partial charge is 1.00 e. The van der Waals surface area contributed by atoms with Gasteiger partial charge in [0, 0.05) is 0 Å². The van der Waals surface area contributed by atoms with Crippen molar-refractivity contribution in [2.45, 2.75) is 97.3 Å². The van der Waals surface area contributed by atoms with Crippen molar-refractivity contribution in [1.82, 2.24) is 0 Å². The fourth-order valence-corrected chi connectivity index (χ4v) is 9.37. The van der Waals surface area contributed by atoms with Crippen LogP contribution in [0.4, 0.5) is 0 Å². The minimum absolute atomic E-state index is 0. The molecule has 48 heavy (non-hydrogen) atoms. The number of benzene rings is 4. The quantitative estimate of drug-likeness (QED) is 0.265.